The number of nitrogens with one attached hydrogen (secondary N) is 1. The first-order chi connectivity index (χ1) is 15.0. The maximum Gasteiger partial charge on any atom is 0.322 e. The van der Waals surface area contributed by atoms with Crippen LogP contribution in [0.2, 0.25) is 0 Å². The number of amides is 3. The first-order valence-electron chi connectivity index (χ1n) is 10.4. The first kappa shape index (κ1) is 21.0. The smallest absolute Gasteiger partial charge is 0.322 e. The average molecular weight is 422 g/mol. The van der Waals surface area contributed by atoms with Crippen LogP contribution in [0, 0.1) is 5.92 Å². The topological polar surface area (TPSA) is 87.1 Å². The molecule has 1 aromatic heterocycles. The Kier molecular flexibility index (Phi) is 5.99. The second-order valence-corrected chi connectivity index (χ2v) is 8.14. The van der Waals surface area contributed by atoms with E-state index in [1.54, 1.807) is 18.2 Å². The van der Waals surface area contributed by atoms with Crippen LogP contribution in [0.3, 0.4) is 0 Å². The van der Waals surface area contributed by atoms with Crippen molar-refractivity contribution in [3.63, 3.8) is 0 Å². The van der Waals surface area contributed by atoms with E-state index in [4.69, 9.17) is 4.74 Å². The number of hydrogen-bond acceptors (Lipinski definition) is 5. The molecule has 3 amide bonds. The van der Waals surface area contributed by atoms with Gasteiger partial charge in [0.1, 0.15) is 0 Å². The summed E-state index contributed by atoms with van der Waals surface area (Å²) in [6.07, 6.45) is 3.97. The molecule has 2 aliphatic heterocycles. The molecule has 31 heavy (non-hydrogen) atoms. The van der Waals surface area contributed by atoms with E-state index in [9.17, 15) is 9.59 Å². The van der Waals surface area contributed by atoms with Crippen molar-refractivity contribution >= 4 is 23.3 Å². The molecule has 2 unspecified atom stereocenters. The fraction of sp³-hybridized carbons (Fsp3) is 0.391. The highest BCUT2D eigenvalue weighted by atomic mass is 16.5. The van der Waals surface area contributed by atoms with Gasteiger partial charge in [0.2, 0.25) is 5.91 Å². The third-order valence-corrected chi connectivity index (χ3v) is 5.69. The molecule has 4 rings (SSSR count). The Bertz CT molecular complexity index is 980. The van der Waals surface area contributed by atoms with E-state index in [-0.39, 0.29) is 23.9 Å². The molecule has 1 aromatic carbocycles. The number of fused-ring (bicyclic) bond motifs is 1. The summed E-state index contributed by atoms with van der Waals surface area (Å²) < 4.78 is 5.18. The number of benzene rings is 1. The van der Waals surface area contributed by atoms with Gasteiger partial charge in [0.25, 0.3) is 0 Å². The van der Waals surface area contributed by atoms with Crippen molar-refractivity contribution in [3.8, 4) is 0 Å². The van der Waals surface area contributed by atoms with Crippen LogP contribution in [0.1, 0.15) is 37.0 Å². The summed E-state index contributed by atoms with van der Waals surface area (Å²) in [5.74, 6) is 0.0298. The fourth-order valence-corrected chi connectivity index (χ4v) is 4.01. The highest BCUT2D eigenvalue weighted by molar-refractivity contribution is 6.06. The number of carbonyl (C=O) groups excluding carboxylic acids is 2. The normalized spacial score (nSPS) is 19.1. The fourth-order valence-electron chi connectivity index (χ4n) is 4.01. The Hall–Kier alpha value is -3.26. The largest absolute Gasteiger partial charge is 0.382 e. The number of nitrogens with zero attached hydrogens (tertiary/aromatic N) is 4. The first-order valence-corrected chi connectivity index (χ1v) is 10.4. The maximum atomic E-state index is 12.7. The van der Waals surface area contributed by atoms with Gasteiger partial charge in [-0.3, -0.25) is 9.78 Å². The zero-order valence-corrected chi connectivity index (χ0v) is 18.0. The molecule has 1 N–H and O–H groups in total. The van der Waals surface area contributed by atoms with Gasteiger partial charge in [0, 0.05) is 50.6 Å². The van der Waals surface area contributed by atoms with Gasteiger partial charge in [-0.05, 0) is 41.8 Å². The monoisotopic (exact) mass is 421 g/mol. The summed E-state index contributed by atoms with van der Waals surface area (Å²) >= 11 is 0. The third-order valence-electron chi connectivity index (χ3n) is 5.69. The second kappa shape index (κ2) is 8.85. The Morgan fingerprint density at radius 3 is 2.68 bits per heavy atom. The molecule has 0 bridgehead atoms. The second-order valence-electron chi connectivity index (χ2n) is 8.14. The van der Waals surface area contributed by atoms with Gasteiger partial charge in [-0.2, -0.15) is 5.10 Å². The highest BCUT2D eigenvalue weighted by Gasteiger charge is 2.30. The van der Waals surface area contributed by atoms with Gasteiger partial charge in [0.15, 0.2) is 0 Å². The minimum absolute atomic E-state index is 0.00601. The molecule has 8 heteroatoms. The molecule has 162 valence electrons. The van der Waals surface area contributed by atoms with Gasteiger partial charge >= 0.3 is 6.03 Å². The lowest BCUT2D eigenvalue weighted by atomic mass is 9.93. The number of pyridine rings is 1. The Labute approximate surface area is 181 Å². The molecule has 0 saturated carbocycles. The summed E-state index contributed by atoms with van der Waals surface area (Å²) in [6, 6.07) is 9.28. The van der Waals surface area contributed by atoms with E-state index < -0.39 is 0 Å². The molecular formula is C23H27N5O3. The number of anilines is 1. The molecule has 3 heterocycles. The lowest BCUT2D eigenvalue weighted by molar-refractivity contribution is -0.135. The molecule has 0 spiro atoms. The van der Waals surface area contributed by atoms with Gasteiger partial charge in [-0.25, -0.2) is 9.80 Å². The van der Waals surface area contributed by atoms with Crippen molar-refractivity contribution in [1.29, 1.82) is 0 Å². The van der Waals surface area contributed by atoms with Crippen molar-refractivity contribution in [2.45, 2.75) is 39.4 Å². The number of urea groups is 1. The average Bonchev–Trinajstić information content (AvgIpc) is 3.19. The van der Waals surface area contributed by atoms with Crippen LogP contribution in [0.5, 0.6) is 0 Å². The van der Waals surface area contributed by atoms with E-state index in [1.165, 1.54) is 5.01 Å². The van der Waals surface area contributed by atoms with Crippen LogP contribution in [-0.4, -0.2) is 52.3 Å². The van der Waals surface area contributed by atoms with Crippen LogP contribution >= 0.6 is 0 Å². The molecule has 0 fully saturated rings. The van der Waals surface area contributed by atoms with Crippen LogP contribution in [0.4, 0.5) is 10.5 Å². The lowest BCUT2D eigenvalue weighted by Crippen LogP contribution is -2.43. The number of methoxy groups -OCH3 is 1. The predicted octanol–water partition coefficient (Wildman–Crippen LogP) is 3.24. The summed E-state index contributed by atoms with van der Waals surface area (Å²) in [5.41, 5.74) is 4.73. The third kappa shape index (κ3) is 4.44. The van der Waals surface area contributed by atoms with E-state index in [1.807, 2.05) is 50.4 Å². The summed E-state index contributed by atoms with van der Waals surface area (Å²) in [5, 5.41) is 9.11. The summed E-state index contributed by atoms with van der Waals surface area (Å²) in [6.45, 7) is 5.50. The van der Waals surface area contributed by atoms with Crippen molar-refractivity contribution in [1.82, 2.24) is 14.9 Å². The SMILES string of the molecule is COCC(C)N1N=C(c2ccc(NC(=O)N3Cc4ccncc4C3)cc2)C(C)CC1=O. The van der Waals surface area contributed by atoms with Gasteiger partial charge in [-0.1, -0.05) is 19.1 Å². The summed E-state index contributed by atoms with van der Waals surface area (Å²) in [7, 11) is 1.61. The molecule has 2 aliphatic rings. The van der Waals surface area contributed by atoms with E-state index >= 15 is 0 Å². The molecular weight excluding hydrogens is 394 g/mol. The van der Waals surface area contributed by atoms with Crippen LogP contribution in [-0.2, 0) is 22.6 Å². The minimum atomic E-state index is -0.141. The van der Waals surface area contributed by atoms with E-state index in [0.29, 0.717) is 31.8 Å². The standard InChI is InChI=1S/C23H27N5O3/c1-15-10-21(29)28(16(2)14-31-3)26-22(15)17-4-6-20(7-5-17)25-23(30)27-12-18-8-9-24-11-19(18)13-27/h4-9,11,15-16H,10,12-14H2,1-3H3,(H,25,30). The van der Waals surface area contributed by atoms with Crippen molar-refractivity contribution in [2.75, 3.05) is 19.0 Å². The van der Waals surface area contributed by atoms with E-state index in [2.05, 4.69) is 15.4 Å². The van der Waals surface area contributed by atoms with Crippen molar-refractivity contribution in [3.05, 3.63) is 59.4 Å². The molecule has 0 aliphatic carbocycles. The zero-order chi connectivity index (χ0) is 22.0. The number of hydrogen-bond donors (Lipinski definition) is 1. The number of rotatable bonds is 5. The van der Waals surface area contributed by atoms with Crippen molar-refractivity contribution in [2.24, 2.45) is 11.0 Å². The number of aromatic nitrogens is 1. The summed E-state index contributed by atoms with van der Waals surface area (Å²) in [4.78, 5) is 30.9. The Morgan fingerprint density at radius 1 is 1.23 bits per heavy atom. The highest BCUT2D eigenvalue weighted by Crippen LogP contribution is 2.25. The number of hydrazone groups is 1. The maximum absolute atomic E-state index is 12.7. The molecule has 2 aromatic rings. The quantitative estimate of drug-likeness (QED) is 0.803. The lowest BCUT2D eigenvalue weighted by Gasteiger charge is -2.31. The number of carbonyl (C=O) groups is 2. The molecule has 0 radical (unpaired) electrons. The number of ether oxygens (including phenoxy) is 1. The van der Waals surface area contributed by atoms with E-state index in [0.717, 1.165) is 22.4 Å². The zero-order valence-electron chi connectivity index (χ0n) is 18.0. The van der Waals surface area contributed by atoms with Gasteiger partial charge in [-0.15, -0.1) is 0 Å². The van der Waals surface area contributed by atoms with Crippen molar-refractivity contribution < 1.29 is 14.3 Å². The van der Waals surface area contributed by atoms with Crippen LogP contribution in [0.25, 0.3) is 0 Å². The van der Waals surface area contributed by atoms with Gasteiger partial charge < -0.3 is 15.0 Å². The molecule has 2 atom stereocenters. The van der Waals surface area contributed by atoms with Crippen LogP contribution < -0.4 is 5.32 Å². The molecule has 0 saturated heterocycles. The molecule has 8 nitrogen and oxygen atoms in total. The minimum Gasteiger partial charge on any atom is -0.382 e. The van der Waals surface area contributed by atoms with Crippen LogP contribution in [0.15, 0.2) is 47.8 Å². The Balaban J connectivity index is 1.44. The Morgan fingerprint density at radius 2 is 1.97 bits per heavy atom. The van der Waals surface area contributed by atoms with Gasteiger partial charge in [0.05, 0.1) is 18.4 Å². The predicted molar refractivity (Wildman–Crippen MR) is 117 cm³/mol.